The molecule has 0 aromatic rings. The number of aliphatic hydroxyl groups excluding tert-OH is 2. The zero-order valence-electron chi connectivity index (χ0n) is 47.5. The molecule has 0 aliphatic rings. The number of nitrogens with one attached hydrogen (secondary N) is 1. The van der Waals surface area contributed by atoms with Crippen LogP contribution in [-0.4, -0.2) is 47.4 Å². The van der Waals surface area contributed by atoms with Crippen molar-refractivity contribution in [2.75, 3.05) is 13.2 Å². The number of carbonyl (C=O) groups excluding carboxylic acids is 2. The Morgan fingerprint density at radius 3 is 1.01 bits per heavy atom. The van der Waals surface area contributed by atoms with Crippen LogP contribution in [0.2, 0.25) is 0 Å². The predicted octanol–water partition coefficient (Wildman–Crippen LogP) is 20.0. The molecule has 1 amide bonds. The molecule has 0 fully saturated rings. The molecule has 0 radical (unpaired) electrons. The van der Waals surface area contributed by atoms with Crippen LogP contribution in [0.15, 0.2) is 12.2 Å². The van der Waals surface area contributed by atoms with E-state index in [0.29, 0.717) is 25.9 Å². The molecule has 416 valence electrons. The summed E-state index contributed by atoms with van der Waals surface area (Å²) < 4.78 is 5.48. The molecule has 0 spiro atoms. The third-order valence-corrected chi connectivity index (χ3v) is 15.1. The number of rotatable bonds is 60. The molecule has 0 bridgehead atoms. The molecular weight excluding hydrogens is 863 g/mol. The van der Waals surface area contributed by atoms with Crippen LogP contribution in [-0.2, 0) is 14.3 Å². The van der Waals surface area contributed by atoms with Crippen LogP contribution >= 0.6 is 0 Å². The lowest BCUT2D eigenvalue weighted by Gasteiger charge is -2.22. The van der Waals surface area contributed by atoms with Crippen molar-refractivity contribution < 1.29 is 24.5 Å². The van der Waals surface area contributed by atoms with Gasteiger partial charge in [0.05, 0.1) is 25.4 Å². The second-order valence-corrected chi connectivity index (χ2v) is 22.1. The number of ether oxygens (including phenoxy) is 1. The molecule has 0 heterocycles. The Labute approximate surface area is 438 Å². The van der Waals surface area contributed by atoms with Gasteiger partial charge in [0.1, 0.15) is 0 Å². The minimum absolute atomic E-state index is 0.0110. The van der Waals surface area contributed by atoms with E-state index in [1.54, 1.807) is 0 Å². The average molecular weight is 989 g/mol. The van der Waals surface area contributed by atoms with Crippen molar-refractivity contribution in [1.82, 2.24) is 5.32 Å². The molecule has 2 unspecified atom stereocenters. The summed E-state index contributed by atoms with van der Waals surface area (Å²) in [6.07, 6.45) is 72.2. The molecule has 0 aliphatic heterocycles. The number of allylic oxidation sites excluding steroid dienone is 2. The number of esters is 1. The second-order valence-electron chi connectivity index (χ2n) is 22.1. The van der Waals surface area contributed by atoms with Crippen molar-refractivity contribution in [3.8, 4) is 0 Å². The van der Waals surface area contributed by atoms with Gasteiger partial charge in [0.25, 0.3) is 0 Å². The lowest BCUT2D eigenvalue weighted by molar-refractivity contribution is -0.143. The average Bonchev–Trinajstić information content (AvgIpc) is 3.36. The smallest absolute Gasteiger partial charge is 0.305 e. The third-order valence-electron chi connectivity index (χ3n) is 15.1. The van der Waals surface area contributed by atoms with Gasteiger partial charge in [-0.25, -0.2) is 0 Å². The minimum Gasteiger partial charge on any atom is -0.466 e. The van der Waals surface area contributed by atoms with Crippen molar-refractivity contribution in [1.29, 1.82) is 0 Å². The molecule has 0 aromatic heterocycles. The highest BCUT2D eigenvalue weighted by Crippen LogP contribution is 2.18. The third kappa shape index (κ3) is 55.9. The van der Waals surface area contributed by atoms with Gasteiger partial charge < -0.3 is 20.3 Å². The Morgan fingerprint density at radius 1 is 0.386 bits per heavy atom. The summed E-state index contributed by atoms with van der Waals surface area (Å²) >= 11 is 0. The van der Waals surface area contributed by atoms with E-state index in [9.17, 15) is 19.8 Å². The molecule has 3 N–H and O–H groups in total. The Hall–Kier alpha value is -1.40. The lowest BCUT2D eigenvalue weighted by atomic mass is 10.0. The van der Waals surface area contributed by atoms with Crippen molar-refractivity contribution in [3.63, 3.8) is 0 Å². The van der Waals surface area contributed by atoms with Crippen LogP contribution in [0.1, 0.15) is 361 Å². The molecule has 0 saturated heterocycles. The number of carbonyl (C=O) groups is 2. The van der Waals surface area contributed by atoms with Crippen molar-refractivity contribution >= 4 is 11.9 Å². The summed E-state index contributed by atoms with van der Waals surface area (Å²) in [5.41, 5.74) is 0. The molecule has 0 rings (SSSR count). The second kappa shape index (κ2) is 60.2. The van der Waals surface area contributed by atoms with Crippen molar-refractivity contribution in [3.05, 3.63) is 12.2 Å². The van der Waals surface area contributed by atoms with E-state index >= 15 is 0 Å². The molecular formula is C64H125NO5. The summed E-state index contributed by atoms with van der Waals surface area (Å²) in [6, 6.07) is -0.554. The van der Waals surface area contributed by atoms with Crippen molar-refractivity contribution in [2.24, 2.45) is 0 Å². The molecule has 6 nitrogen and oxygen atoms in total. The quantitative estimate of drug-likeness (QED) is 0.0321. The van der Waals surface area contributed by atoms with Gasteiger partial charge in [-0.15, -0.1) is 0 Å². The topological polar surface area (TPSA) is 95.9 Å². The number of aliphatic hydroxyl groups is 2. The summed E-state index contributed by atoms with van der Waals surface area (Å²) in [7, 11) is 0. The number of amides is 1. The number of unbranched alkanes of at least 4 members (excludes halogenated alkanes) is 47. The Kier molecular flexibility index (Phi) is 59.0. The Balaban J connectivity index is 3.43. The van der Waals surface area contributed by atoms with Gasteiger partial charge in [0.2, 0.25) is 5.91 Å². The zero-order valence-corrected chi connectivity index (χ0v) is 47.5. The normalized spacial score (nSPS) is 12.6. The Bertz CT molecular complexity index is 1050. The number of hydrogen-bond acceptors (Lipinski definition) is 5. The van der Waals surface area contributed by atoms with Gasteiger partial charge in [0, 0.05) is 12.8 Å². The zero-order chi connectivity index (χ0) is 50.7. The first kappa shape index (κ1) is 68.6. The van der Waals surface area contributed by atoms with Crippen LogP contribution in [0.3, 0.4) is 0 Å². The van der Waals surface area contributed by atoms with E-state index in [1.807, 2.05) is 0 Å². The van der Waals surface area contributed by atoms with Gasteiger partial charge >= 0.3 is 5.97 Å². The van der Waals surface area contributed by atoms with E-state index < -0.39 is 12.1 Å². The van der Waals surface area contributed by atoms with E-state index in [4.69, 9.17) is 4.74 Å². The molecule has 2 atom stereocenters. The highest BCUT2D eigenvalue weighted by Gasteiger charge is 2.20. The van der Waals surface area contributed by atoms with Gasteiger partial charge in [-0.3, -0.25) is 9.59 Å². The van der Waals surface area contributed by atoms with Gasteiger partial charge in [0.15, 0.2) is 0 Å². The summed E-state index contributed by atoms with van der Waals surface area (Å²) in [5, 5.41) is 23.4. The highest BCUT2D eigenvalue weighted by molar-refractivity contribution is 5.76. The molecule has 0 aromatic carbocycles. The summed E-state index contributed by atoms with van der Waals surface area (Å²) in [5.74, 6) is -0.0571. The minimum atomic E-state index is -0.676. The molecule has 0 aliphatic carbocycles. The van der Waals surface area contributed by atoms with Crippen LogP contribution in [0.5, 0.6) is 0 Å². The van der Waals surface area contributed by atoms with Crippen molar-refractivity contribution in [2.45, 2.75) is 373 Å². The molecule has 70 heavy (non-hydrogen) atoms. The van der Waals surface area contributed by atoms with Crippen LogP contribution < -0.4 is 5.32 Å². The first-order valence-electron chi connectivity index (χ1n) is 31.9. The van der Waals surface area contributed by atoms with Crippen LogP contribution in [0.4, 0.5) is 0 Å². The fraction of sp³-hybridized carbons (Fsp3) is 0.938. The number of hydrogen-bond donors (Lipinski definition) is 3. The lowest BCUT2D eigenvalue weighted by Crippen LogP contribution is -2.45. The summed E-state index contributed by atoms with van der Waals surface area (Å²) in [6.45, 7) is 4.95. The van der Waals surface area contributed by atoms with Crippen LogP contribution in [0, 0.1) is 0 Å². The van der Waals surface area contributed by atoms with Gasteiger partial charge in [-0.1, -0.05) is 309 Å². The monoisotopic (exact) mass is 988 g/mol. The molecule has 0 saturated carbocycles. The van der Waals surface area contributed by atoms with Crippen LogP contribution in [0.25, 0.3) is 0 Å². The largest absolute Gasteiger partial charge is 0.466 e. The maximum Gasteiger partial charge on any atom is 0.305 e. The molecule has 6 heteroatoms. The summed E-state index contributed by atoms with van der Waals surface area (Å²) in [4.78, 5) is 24.6. The van der Waals surface area contributed by atoms with E-state index in [2.05, 4.69) is 31.3 Å². The Morgan fingerprint density at radius 2 is 0.671 bits per heavy atom. The maximum absolute atomic E-state index is 12.5. The fourth-order valence-electron chi connectivity index (χ4n) is 10.2. The highest BCUT2D eigenvalue weighted by atomic mass is 16.5. The maximum atomic E-state index is 12.5. The first-order valence-corrected chi connectivity index (χ1v) is 31.9. The first-order chi connectivity index (χ1) is 34.5. The predicted molar refractivity (Wildman–Crippen MR) is 306 cm³/mol. The van der Waals surface area contributed by atoms with E-state index in [-0.39, 0.29) is 18.5 Å². The van der Waals surface area contributed by atoms with Gasteiger partial charge in [-0.2, -0.15) is 0 Å². The van der Waals surface area contributed by atoms with Gasteiger partial charge in [-0.05, 0) is 51.4 Å². The van der Waals surface area contributed by atoms with E-state index in [0.717, 1.165) is 57.8 Å². The standard InChI is InChI=1S/C64H125NO5/c1-3-5-7-9-11-13-15-17-19-21-22-23-24-25-26-27-29-30-32-36-40-44-48-52-56-62(67)61(60-66)65-63(68)57-53-49-45-41-37-34-35-39-43-47-51-55-59-70-64(69)58-54-50-46-42-38-33-31-28-20-18-16-14-12-10-8-6-4-2/h18,20,61-62,66-67H,3-17,19,21-60H2,1-2H3,(H,65,68)/b20-18-. The SMILES string of the molecule is CCCCCCCC/C=C\CCCCCCCCCC(=O)OCCCCCCCCCCCCCCC(=O)NC(CO)C(O)CCCCCCCCCCCCCCCCCCCCCCCCCC. The van der Waals surface area contributed by atoms with E-state index in [1.165, 1.54) is 270 Å². The fourth-order valence-corrected chi connectivity index (χ4v) is 10.2.